The van der Waals surface area contributed by atoms with Crippen molar-refractivity contribution in [3.8, 4) is 5.69 Å². The monoisotopic (exact) mass is 433 g/mol. The average Bonchev–Trinajstić information content (AvgIpc) is 2.74. The molecule has 0 atom stereocenters. The highest BCUT2D eigenvalue weighted by Gasteiger charge is 2.17. The van der Waals surface area contributed by atoms with Gasteiger partial charge in [0.15, 0.2) is 0 Å². The minimum absolute atomic E-state index is 0.0348. The Morgan fingerprint density at radius 2 is 1.19 bits per heavy atom. The van der Waals surface area contributed by atoms with E-state index in [9.17, 15) is 24.0 Å². The third-order valence-corrected chi connectivity index (χ3v) is 4.46. The quantitative estimate of drug-likeness (QED) is 0.482. The number of hydrogen-bond acceptors (Lipinski definition) is 7. The van der Waals surface area contributed by atoms with E-state index < -0.39 is 29.0 Å². The van der Waals surface area contributed by atoms with Crippen molar-refractivity contribution in [3.05, 3.63) is 61.8 Å². The second-order valence-corrected chi connectivity index (χ2v) is 6.64. The minimum Gasteiger partial charge on any atom is -0.466 e. The predicted octanol–water partition coefficient (Wildman–Crippen LogP) is 0.848. The smallest absolute Gasteiger partial charge is 0.340 e. The Kier molecular flexibility index (Phi) is 8.98. The Morgan fingerprint density at radius 3 is 1.61 bits per heavy atom. The Balaban J connectivity index is 2.40. The first-order valence-electron chi connectivity index (χ1n) is 10.2. The fourth-order valence-corrected chi connectivity index (χ4v) is 3.04. The van der Waals surface area contributed by atoms with Gasteiger partial charge in [-0.05, 0) is 38.8 Å². The Morgan fingerprint density at radius 1 is 0.742 bits per heavy atom. The molecule has 0 aliphatic rings. The van der Waals surface area contributed by atoms with Crippen molar-refractivity contribution < 1.29 is 19.1 Å². The second kappa shape index (κ2) is 11.7. The van der Waals surface area contributed by atoms with Gasteiger partial charge in [-0.1, -0.05) is 18.2 Å². The van der Waals surface area contributed by atoms with Crippen LogP contribution in [0.2, 0.25) is 0 Å². The lowest BCUT2D eigenvalue weighted by Crippen LogP contribution is -2.54. The molecule has 2 aromatic rings. The van der Waals surface area contributed by atoms with Crippen molar-refractivity contribution in [2.45, 2.75) is 52.6 Å². The van der Waals surface area contributed by atoms with E-state index >= 15 is 0 Å². The molecule has 0 spiro atoms. The highest BCUT2D eigenvalue weighted by atomic mass is 16.5. The molecule has 168 valence electrons. The summed E-state index contributed by atoms with van der Waals surface area (Å²) in [7, 11) is 0. The van der Waals surface area contributed by atoms with Gasteiger partial charge in [0.25, 0.3) is 0 Å². The van der Waals surface area contributed by atoms with Crippen LogP contribution in [0.1, 0.15) is 39.5 Å². The van der Waals surface area contributed by atoms with Crippen molar-refractivity contribution >= 4 is 11.9 Å². The van der Waals surface area contributed by atoms with Crippen LogP contribution in [-0.2, 0) is 32.2 Å². The van der Waals surface area contributed by atoms with Gasteiger partial charge in [-0.25, -0.2) is 28.1 Å². The zero-order valence-corrected chi connectivity index (χ0v) is 17.7. The largest absolute Gasteiger partial charge is 0.466 e. The molecule has 1 aromatic carbocycles. The molecule has 1 aromatic heterocycles. The molecule has 0 saturated carbocycles. The van der Waals surface area contributed by atoms with Gasteiger partial charge in [0.2, 0.25) is 0 Å². The van der Waals surface area contributed by atoms with Gasteiger partial charge in [0.05, 0.1) is 18.9 Å². The van der Waals surface area contributed by atoms with Crippen LogP contribution in [-0.4, -0.2) is 38.9 Å². The van der Waals surface area contributed by atoms with Crippen molar-refractivity contribution in [1.82, 2.24) is 13.7 Å². The van der Waals surface area contributed by atoms with E-state index in [1.54, 1.807) is 44.2 Å². The molecule has 0 aliphatic carbocycles. The molecule has 0 unspecified atom stereocenters. The van der Waals surface area contributed by atoms with E-state index in [2.05, 4.69) is 0 Å². The number of rotatable bonds is 11. The summed E-state index contributed by atoms with van der Waals surface area (Å²) >= 11 is 0. The maximum absolute atomic E-state index is 13.0. The lowest BCUT2D eigenvalue weighted by Gasteiger charge is -2.14. The molecule has 0 N–H and O–H groups in total. The fraction of sp³-hybridized carbons (Fsp3) is 0.476. The van der Waals surface area contributed by atoms with Crippen molar-refractivity contribution in [3.63, 3.8) is 0 Å². The number of ether oxygens (including phenoxy) is 2. The zero-order valence-electron chi connectivity index (χ0n) is 17.7. The number of para-hydroxylation sites is 1. The van der Waals surface area contributed by atoms with E-state index in [4.69, 9.17) is 9.47 Å². The van der Waals surface area contributed by atoms with Gasteiger partial charge < -0.3 is 9.47 Å². The maximum Gasteiger partial charge on any atom is 0.340 e. The van der Waals surface area contributed by atoms with Crippen LogP contribution in [0.5, 0.6) is 0 Å². The molecule has 0 saturated heterocycles. The first-order chi connectivity index (χ1) is 14.9. The summed E-state index contributed by atoms with van der Waals surface area (Å²) in [5.41, 5.74) is -2.04. The van der Waals surface area contributed by atoms with E-state index in [-0.39, 0.29) is 52.0 Å². The number of nitrogens with zero attached hydrogens (tertiary/aromatic N) is 3. The van der Waals surface area contributed by atoms with Gasteiger partial charge in [0, 0.05) is 25.9 Å². The molecular weight excluding hydrogens is 406 g/mol. The molecule has 0 amide bonds. The van der Waals surface area contributed by atoms with Crippen LogP contribution in [0, 0.1) is 0 Å². The highest BCUT2D eigenvalue weighted by Crippen LogP contribution is 2.01. The van der Waals surface area contributed by atoms with E-state index in [1.165, 1.54) is 0 Å². The van der Waals surface area contributed by atoms with Crippen LogP contribution in [0.25, 0.3) is 5.69 Å². The Bertz CT molecular complexity index is 1000. The fourth-order valence-electron chi connectivity index (χ4n) is 3.04. The number of esters is 2. The van der Waals surface area contributed by atoms with Gasteiger partial charge in [-0.3, -0.25) is 9.59 Å². The first-order valence-corrected chi connectivity index (χ1v) is 10.2. The highest BCUT2D eigenvalue weighted by molar-refractivity contribution is 5.69. The van der Waals surface area contributed by atoms with E-state index in [1.807, 2.05) is 0 Å². The van der Waals surface area contributed by atoms with E-state index in [0.29, 0.717) is 5.69 Å². The number of benzene rings is 1. The van der Waals surface area contributed by atoms with Gasteiger partial charge in [-0.15, -0.1) is 0 Å². The molecule has 2 rings (SSSR count). The first kappa shape index (κ1) is 23.8. The van der Waals surface area contributed by atoms with Crippen LogP contribution in [0.4, 0.5) is 0 Å². The molecule has 10 heteroatoms. The number of aromatic nitrogens is 3. The minimum atomic E-state index is -0.785. The second-order valence-electron chi connectivity index (χ2n) is 6.64. The Hall–Kier alpha value is -3.43. The van der Waals surface area contributed by atoms with Crippen molar-refractivity contribution in [2.24, 2.45) is 0 Å². The Labute approximate surface area is 178 Å². The number of carbonyl (C=O) groups is 2. The normalized spacial score (nSPS) is 10.6. The standard InChI is InChI=1S/C21H27N3O7/c1-3-30-17(25)12-8-14-22-19(27)23(15-9-13-18(26)31-4-2)21(29)24(20(22)28)16-10-6-5-7-11-16/h5-7,10-11H,3-4,8-9,12-15H2,1-2H3. The number of carbonyl (C=O) groups excluding carboxylic acids is 2. The average molecular weight is 433 g/mol. The lowest BCUT2D eigenvalue weighted by molar-refractivity contribution is -0.144. The third kappa shape index (κ3) is 6.27. The number of hydrogen-bond donors (Lipinski definition) is 0. The van der Waals surface area contributed by atoms with Crippen LogP contribution in [0.3, 0.4) is 0 Å². The summed E-state index contributed by atoms with van der Waals surface area (Å²) in [4.78, 5) is 61.9. The van der Waals surface area contributed by atoms with Crippen molar-refractivity contribution in [1.29, 1.82) is 0 Å². The topological polar surface area (TPSA) is 119 Å². The lowest BCUT2D eigenvalue weighted by atomic mass is 10.3. The van der Waals surface area contributed by atoms with Gasteiger partial charge in [0.1, 0.15) is 0 Å². The summed E-state index contributed by atoms with van der Waals surface area (Å²) in [6.45, 7) is 3.75. The molecule has 10 nitrogen and oxygen atoms in total. The van der Waals surface area contributed by atoms with Crippen molar-refractivity contribution in [2.75, 3.05) is 13.2 Å². The van der Waals surface area contributed by atoms with Crippen LogP contribution < -0.4 is 17.1 Å². The summed E-state index contributed by atoms with van der Waals surface area (Å²) in [6.07, 6.45) is 0.466. The van der Waals surface area contributed by atoms with Gasteiger partial charge in [-0.2, -0.15) is 0 Å². The zero-order chi connectivity index (χ0) is 22.8. The molecule has 0 radical (unpaired) electrons. The molecule has 0 fully saturated rings. The molecule has 31 heavy (non-hydrogen) atoms. The molecule has 1 heterocycles. The van der Waals surface area contributed by atoms with Gasteiger partial charge >= 0.3 is 29.0 Å². The van der Waals surface area contributed by atoms with Crippen LogP contribution >= 0.6 is 0 Å². The molecular formula is C21H27N3O7. The molecule has 0 bridgehead atoms. The summed E-state index contributed by atoms with van der Waals surface area (Å²) in [6, 6.07) is 8.24. The summed E-state index contributed by atoms with van der Waals surface area (Å²) in [5, 5.41) is 0. The van der Waals surface area contributed by atoms with Crippen LogP contribution in [0.15, 0.2) is 44.7 Å². The van der Waals surface area contributed by atoms with E-state index in [0.717, 1.165) is 13.7 Å². The predicted molar refractivity (Wildman–Crippen MR) is 112 cm³/mol. The maximum atomic E-state index is 13.0. The SMILES string of the molecule is CCOC(=O)CCCn1c(=O)n(CCCC(=O)OCC)c(=O)n(-c2ccccc2)c1=O. The summed E-state index contributed by atoms with van der Waals surface area (Å²) < 4.78 is 12.5. The molecule has 0 aliphatic heterocycles. The summed E-state index contributed by atoms with van der Waals surface area (Å²) in [5.74, 6) is -0.858. The third-order valence-electron chi connectivity index (χ3n) is 4.46.